The zero-order valence-corrected chi connectivity index (χ0v) is 14.6. The number of hydrogen-bond donors (Lipinski definition) is 2. The van der Waals surface area contributed by atoms with Crippen LogP contribution in [0.2, 0.25) is 0 Å². The smallest absolute Gasteiger partial charge is 0.221 e. The van der Waals surface area contributed by atoms with Crippen molar-refractivity contribution in [1.29, 1.82) is 0 Å². The number of fused-ring (bicyclic) bond motifs is 1. The molecule has 25 heavy (non-hydrogen) atoms. The highest BCUT2D eigenvalue weighted by Crippen LogP contribution is 2.29. The summed E-state index contributed by atoms with van der Waals surface area (Å²) in [7, 11) is -3.47. The number of amides is 1. The molecule has 0 atom stereocenters. The Balaban J connectivity index is 1.51. The summed E-state index contributed by atoms with van der Waals surface area (Å²) in [4.78, 5) is 12.2. The maximum Gasteiger partial charge on any atom is 0.221 e. The van der Waals surface area contributed by atoms with Gasteiger partial charge < -0.3 is 10.4 Å². The lowest BCUT2D eigenvalue weighted by molar-refractivity contribution is -0.121. The van der Waals surface area contributed by atoms with Crippen molar-refractivity contribution in [2.24, 2.45) is 0 Å². The number of carbonyl (C=O) groups is 1. The monoisotopic (exact) mass is 359 g/mol. The first-order chi connectivity index (χ1) is 11.9. The highest BCUT2D eigenvalue weighted by molar-refractivity contribution is 7.91. The lowest BCUT2D eigenvalue weighted by Crippen LogP contribution is -2.44. The Morgan fingerprint density at radius 1 is 1.00 bits per heavy atom. The van der Waals surface area contributed by atoms with E-state index < -0.39 is 15.4 Å². The second kappa shape index (κ2) is 6.98. The van der Waals surface area contributed by atoms with Crippen molar-refractivity contribution in [2.75, 3.05) is 12.3 Å². The number of nitrogens with one attached hydrogen (secondary N) is 1. The standard InChI is InChI=1S/C19H21NO4S/c21-18(10-11-25(23,24)17-8-2-1-3-9-17)20-14-19(22)12-15-6-4-5-7-16(15)13-19/h1-9,22H,10-14H2,(H,20,21). The van der Waals surface area contributed by atoms with Gasteiger partial charge in [0.15, 0.2) is 9.84 Å². The van der Waals surface area contributed by atoms with E-state index in [1.807, 2.05) is 24.3 Å². The van der Waals surface area contributed by atoms with Gasteiger partial charge in [0.05, 0.1) is 16.2 Å². The summed E-state index contributed by atoms with van der Waals surface area (Å²) in [6.07, 6.45) is 0.859. The fourth-order valence-corrected chi connectivity index (χ4v) is 4.38. The molecule has 0 unspecified atom stereocenters. The average molecular weight is 359 g/mol. The molecule has 2 N–H and O–H groups in total. The van der Waals surface area contributed by atoms with Gasteiger partial charge in [-0.2, -0.15) is 0 Å². The molecule has 0 saturated carbocycles. The summed E-state index contributed by atoms with van der Waals surface area (Å²) in [5, 5.41) is 13.3. The van der Waals surface area contributed by atoms with E-state index in [-0.39, 0.29) is 29.5 Å². The van der Waals surface area contributed by atoms with Gasteiger partial charge >= 0.3 is 0 Å². The SMILES string of the molecule is O=C(CCS(=O)(=O)c1ccccc1)NCC1(O)Cc2ccccc2C1. The van der Waals surface area contributed by atoms with Gasteiger partial charge in [-0.1, -0.05) is 42.5 Å². The molecule has 0 heterocycles. The molecule has 1 amide bonds. The predicted molar refractivity (Wildman–Crippen MR) is 94.9 cm³/mol. The molecule has 2 aromatic rings. The summed E-state index contributed by atoms with van der Waals surface area (Å²) < 4.78 is 24.4. The number of rotatable bonds is 6. The van der Waals surface area contributed by atoms with Crippen LogP contribution in [0.15, 0.2) is 59.5 Å². The Labute approximate surface area is 147 Å². The average Bonchev–Trinajstić information content (AvgIpc) is 2.95. The first-order valence-electron chi connectivity index (χ1n) is 8.22. The molecule has 0 radical (unpaired) electrons. The third kappa shape index (κ3) is 4.27. The second-order valence-corrected chi connectivity index (χ2v) is 8.61. The van der Waals surface area contributed by atoms with Crippen LogP contribution in [-0.4, -0.2) is 37.3 Å². The molecule has 0 fully saturated rings. The third-order valence-corrected chi connectivity index (χ3v) is 6.20. The normalized spacial score (nSPS) is 15.6. The molecule has 6 heteroatoms. The van der Waals surface area contributed by atoms with E-state index in [4.69, 9.17) is 0 Å². The lowest BCUT2D eigenvalue weighted by atomic mass is 10.0. The molecule has 1 aliphatic rings. The molecule has 0 spiro atoms. The predicted octanol–water partition coefficient (Wildman–Crippen LogP) is 1.50. The van der Waals surface area contributed by atoms with Crippen LogP contribution in [0.3, 0.4) is 0 Å². The van der Waals surface area contributed by atoms with Gasteiger partial charge in [0.2, 0.25) is 5.91 Å². The van der Waals surface area contributed by atoms with Crippen LogP contribution >= 0.6 is 0 Å². The number of aliphatic hydroxyl groups is 1. The molecular formula is C19H21NO4S. The number of hydrogen-bond acceptors (Lipinski definition) is 4. The van der Waals surface area contributed by atoms with E-state index in [1.165, 1.54) is 12.1 Å². The Morgan fingerprint density at radius 3 is 2.16 bits per heavy atom. The van der Waals surface area contributed by atoms with E-state index >= 15 is 0 Å². The third-order valence-electron chi connectivity index (χ3n) is 4.47. The van der Waals surface area contributed by atoms with E-state index in [2.05, 4.69) is 5.32 Å². The van der Waals surface area contributed by atoms with Crippen LogP contribution in [0.25, 0.3) is 0 Å². The zero-order valence-electron chi connectivity index (χ0n) is 13.8. The van der Waals surface area contributed by atoms with Crippen molar-refractivity contribution in [1.82, 2.24) is 5.32 Å². The van der Waals surface area contributed by atoms with Crippen LogP contribution < -0.4 is 5.32 Å². The Bertz CT molecular complexity index is 837. The molecule has 0 aromatic heterocycles. The van der Waals surface area contributed by atoms with Crippen molar-refractivity contribution in [3.05, 3.63) is 65.7 Å². The molecule has 2 aromatic carbocycles. The Morgan fingerprint density at radius 2 is 1.56 bits per heavy atom. The summed E-state index contributed by atoms with van der Waals surface area (Å²) in [5.74, 6) is -0.620. The van der Waals surface area contributed by atoms with Crippen molar-refractivity contribution in [3.63, 3.8) is 0 Å². The quantitative estimate of drug-likeness (QED) is 0.819. The molecule has 5 nitrogen and oxygen atoms in total. The minimum Gasteiger partial charge on any atom is -0.387 e. The lowest BCUT2D eigenvalue weighted by Gasteiger charge is -2.22. The maximum absolute atomic E-state index is 12.2. The minimum atomic E-state index is -3.47. The fraction of sp³-hybridized carbons (Fsp3) is 0.316. The molecule has 0 bridgehead atoms. The molecule has 0 aliphatic heterocycles. The first kappa shape index (κ1) is 17.6. The first-order valence-corrected chi connectivity index (χ1v) is 9.87. The molecule has 132 valence electrons. The van der Waals surface area contributed by atoms with Gasteiger partial charge in [-0.25, -0.2) is 8.42 Å². The summed E-state index contributed by atoms with van der Waals surface area (Å²) in [6, 6.07) is 15.9. The molecular weight excluding hydrogens is 338 g/mol. The number of carbonyl (C=O) groups excluding carboxylic acids is 1. The molecule has 1 aliphatic carbocycles. The minimum absolute atomic E-state index is 0.117. The van der Waals surface area contributed by atoms with Gasteiger partial charge in [0, 0.05) is 25.8 Å². The Kier molecular flexibility index (Phi) is 4.92. The van der Waals surface area contributed by atoms with E-state index in [0.29, 0.717) is 12.8 Å². The van der Waals surface area contributed by atoms with E-state index in [0.717, 1.165) is 11.1 Å². The van der Waals surface area contributed by atoms with Crippen LogP contribution in [0.5, 0.6) is 0 Å². The number of sulfone groups is 1. The summed E-state index contributed by atoms with van der Waals surface area (Å²) >= 11 is 0. The molecule has 0 saturated heterocycles. The maximum atomic E-state index is 12.2. The van der Waals surface area contributed by atoms with Crippen molar-refractivity contribution in [2.45, 2.75) is 29.8 Å². The van der Waals surface area contributed by atoms with Gasteiger partial charge in [0.1, 0.15) is 0 Å². The van der Waals surface area contributed by atoms with Crippen molar-refractivity contribution < 1.29 is 18.3 Å². The highest BCUT2D eigenvalue weighted by Gasteiger charge is 2.35. The fourth-order valence-electron chi connectivity index (χ4n) is 3.12. The highest BCUT2D eigenvalue weighted by atomic mass is 32.2. The van der Waals surface area contributed by atoms with Gasteiger partial charge in [-0.3, -0.25) is 4.79 Å². The van der Waals surface area contributed by atoms with Crippen LogP contribution in [0, 0.1) is 0 Å². The largest absolute Gasteiger partial charge is 0.387 e. The van der Waals surface area contributed by atoms with E-state index in [1.54, 1.807) is 18.2 Å². The number of benzene rings is 2. The van der Waals surface area contributed by atoms with Crippen LogP contribution in [0.1, 0.15) is 17.5 Å². The van der Waals surface area contributed by atoms with Gasteiger partial charge in [-0.05, 0) is 23.3 Å². The van der Waals surface area contributed by atoms with Gasteiger partial charge in [0.25, 0.3) is 0 Å². The van der Waals surface area contributed by atoms with Crippen LogP contribution in [-0.2, 0) is 27.5 Å². The van der Waals surface area contributed by atoms with Crippen molar-refractivity contribution >= 4 is 15.7 Å². The second-order valence-electron chi connectivity index (χ2n) is 6.51. The Hall–Kier alpha value is -2.18. The summed E-state index contributed by atoms with van der Waals surface area (Å²) in [5.41, 5.74) is 1.18. The van der Waals surface area contributed by atoms with Crippen molar-refractivity contribution in [3.8, 4) is 0 Å². The summed E-state index contributed by atoms with van der Waals surface area (Å²) in [6.45, 7) is 0.117. The molecule has 3 rings (SSSR count). The van der Waals surface area contributed by atoms with Gasteiger partial charge in [-0.15, -0.1) is 0 Å². The van der Waals surface area contributed by atoms with E-state index in [9.17, 15) is 18.3 Å². The zero-order chi connectivity index (χ0) is 17.9. The topological polar surface area (TPSA) is 83.5 Å². The van der Waals surface area contributed by atoms with Crippen LogP contribution in [0.4, 0.5) is 0 Å².